The van der Waals surface area contributed by atoms with Gasteiger partial charge >= 0.3 is 0 Å². The Labute approximate surface area is 193 Å². The predicted octanol–water partition coefficient (Wildman–Crippen LogP) is 1.57. The molecule has 0 aliphatic carbocycles. The van der Waals surface area contributed by atoms with Crippen LogP contribution in [0.3, 0.4) is 0 Å². The number of rotatable bonds is 2. The van der Waals surface area contributed by atoms with Gasteiger partial charge in [0.05, 0.1) is 28.4 Å². The molecule has 33 heavy (non-hydrogen) atoms. The number of nitrogens with zero attached hydrogens (tertiary/aromatic N) is 2. The summed E-state index contributed by atoms with van der Waals surface area (Å²) in [4.78, 5) is 54.3. The zero-order chi connectivity index (χ0) is 23.2. The molecule has 0 bridgehead atoms. The van der Waals surface area contributed by atoms with Crippen molar-refractivity contribution in [1.82, 2.24) is 0 Å². The third-order valence-electron chi connectivity index (χ3n) is 7.89. The van der Waals surface area contributed by atoms with Crippen molar-refractivity contribution in [1.29, 1.82) is 0 Å². The Bertz CT molecular complexity index is 1300. The van der Waals surface area contributed by atoms with Gasteiger partial charge in [0.1, 0.15) is 17.9 Å². The molecule has 1 spiro atoms. The van der Waals surface area contributed by atoms with Crippen LogP contribution in [0.5, 0.6) is 0 Å². The molecule has 168 valence electrons. The third kappa shape index (κ3) is 2.33. The predicted molar refractivity (Wildman–Crippen MR) is 118 cm³/mol. The SMILES string of the molecule is Cc1c(N2C(=O)[C@H]3[C@H]4CCC[NH+]4[C@@]4(C(=O)Nc5ccc(Cl)cc54)[C@@H]3C2=O)cccc1[N+](=O)[O-]. The van der Waals surface area contributed by atoms with E-state index in [1.165, 1.54) is 19.1 Å². The lowest BCUT2D eigenvalue weighted by molar-refractivity contribution is -0.948. The van der Waals surface area contributed by atoms with E-state index in [2.05, 4.69) is 5.32 Å². The largest absolute Gasteiger partial charge is 0.320 e. The Morgan fingerprint density at radius 1 is 1.21 bits per heavy atom. The molecule has 2 aromatic carbocycles. The fourth-order valence-corrected chi connectivity index (χ4v) is 6.89. The molecular weight excluding hydrogens is 448 g/mol. The minimum Gasteiger partial charge on any atom is -0.320 e. The number of carbonyl (C=O) groups is 3. The van der Waals surface area contributed by atoms with Crippen molar-refractivity contribution >= 4 is 46.4 Å². The molecule has 6 rings (SSSR count). The van der Waals surface area contributed by atoms with Crippen LogP contribution in [0.1, 0.15) is 24.0 Å². The maximum Gasteiger partial charge on any atom is 0.291 e. The van der Waals surface area contributed by atoms with Crippen LogP contribution in [0.25, 0.3) is 0 Å². The molecular formula is C23H20ClN4O5+. The summed E-state index contributed by atoms with van der Waals surface area (Å²) < 4.78 is 0. The molecule has 4 aliphatic heterocycles. The number of quaternary nitrogens is 1. The number of nitrogens with one attached hydrogen (secondary N) is 2. The van der Waals surface area contributed by atoms with Crippen molar-refractivity contribution in [3.63, 3.8) is 0 Å². The van der Waals surface area contributed by atoms with Gasteiger partial charge < -0.3 is 10.2 Å². The van der Waals surface area contributed by atoms with Crippen LogP contribution in [0.4, 0.5) is 17.1 Å². The van der Waals surface area contributed by atoms with Gasteiger partial charge in [-0.05, 0) is 31.2 Å². The lowest BCUT2D eigenvalue weighted by Crippen LogP contribution is -3.19. The molecule has 5 atom stereocenters. The summed E-state index contributed by atoms with van der Waals surface area (Å²) in [6.45, 7) is 2.20. The molecule has 9 nitrogen and oxygen atoms in total. The highest BCUT2D eigenvalue weighted by atomic mass is 35.5. The van der Waals surface area contributed by atoms with Crippen LogP contribution >= 0.6 is 11.6 Å². The number of fused-ring (bicyclic) bond motifs is 7. The fraction of sp³-hybridized carbons (Fsp3) is 0.348. The van der Waals surface area contributed by atoms with Crippen molar-refractivity contribution < 1.29 is 24.2 Å². The zero-order valence-corrected chi connectivity index (χ0v) is 18.4. The van der Waals surface area contributed by atoms with Crippen LogP contribution in [0.2, 0.25) is 5.02 Å². The second-order valence-electron chi connectivity index (χ2n) is 9.17. The van der Waals surface area contributed by atoms with Gasteiger partial charge in [0.25, 0.3) is 11.6 Å². The van der Waals surface area contributed by atoms with E-state index < -0.39 is 34.1 Å². The third-order valence-corrected chi connectivity index (χ3v) is 8.13. The van der Waals surface area contributed by atoms with Crippen molar-refractivity contribution in [3.8, 4) is 0 Å². The standard InChI is InChI=1S/C23H19ClN4O5/c1-11-15(4-2-5-16(11)28(32)33)27-20(29)18-17-6-3-9-26(17)23(19(18)21(27)30)13-10-12(24)7-8-14(13)25-22(23)31/h2,4-5,7-8,10,17-19H,3,6,9H2,1H3,(H,25,31)/p+1/t17-,18+,19+,23-/m1/s1. The molecule has 2 aromatic rings. The maximum atomic E-state index is 14.0. The number of carbonyl (C=O) groups excluding carboxylic acids is 3. The number of imide groups is 1. The molecule has 4 heterocycles. The van der Waals surface area contributed by atoms with Crippen LogP contribution in [0.15, 0.2) is 36.4 Å². The summed E-state index contributed by atoms with van der Waals surface area (Å²) in [5, 5.41) is 14.8. The van der Waals surface area contributed by atoms with Gasteiger partial charge in [-0.2, -0.15) is 0 Å². The number of amides is 3. The average molecular weight is 468 g/mol. The highest BCUT2D eigenvalue weighted by Crippen LogP contribution is 2.53. The summed E-state index contributed by atoms with van der Waals surface area (Å²) in [6.07, 6.45) is 1.56. The Kier molecular flexibility index (Phi) is 4.07. The Hall–Kier alpha value is -3.30. The molecule has 4 aliphatic rings. The first-order valence-corrected chi connectivity index (χ1v) is 11.3. The number of nitro benzene ring substituents is 1. The van der Waals surface area contributed by atoms with Crippen LogP contribution < -0.4 is 15.1 Å². The van der Waals surface area contributed by atoms with Gasteiger partial charge in [-0.1, -0.05) is 17.7 Å². The fourth-order valence-electron chi connectivity index (χ4n) is 6.72. The second kappa shape index (κ2) is 6.61. The Balaban J connectivity index is 1.56. The van der Waals surface area contributed by atoms with Crippen molar-refractivity contribution in [2.45, 2.75) is 31.3 Å². The summed E-state index contributed by atoms with van der Waals surface area (Å²) in [5.41, 5.74) is 0.286. The number of benzene rings is 2. The minimum absolute atomic E-state index is 0.163. The van der Waals surface area contributed by atoms with Gasteiger partial charge in [-0.15, -0.1) is 0 Å². The zero-order valence-electron chi connectivity index (χ0n) is 17.6. The first-order chi connectivity index (χ1) is 15.8. The number of hydrogen-bond donors (Lipinski definition) is 2. The molecule has 0 saturated carbocycles. The van der Waals surface area contributed by atoms with Crippen LogP contribution in [0, 0.1) is 28.9 Å². The van der Waals surface area contributed by atoms with Crippen LogP contribution in [-0.2, 0) is 19.9 Å². The van der Waals surface area contributed by atoms with E-state index >= 15 is 0 Å². The minimum atomic E-state index is -1.25. The lowest BCUT2D eigenvalue weighted by atomic mass is 9.75. The Morgan fingerprint density at radius 2 is 2.00 bits per heavy atom. The first-order valence-electron chi connectivity index (χ1n) is 10.9. The van der Waals surface area contributed by atoms with Crippen molar-refractivity contribution in [2.75, 3.05) is 16.8 Å². The second-order valence-corrected chi connectivity index (χ2v) is 9.61. The van der Waals surface area contributed by atoms with E-state index in [1.807, 2.05) is 0 Å². The molecule has 0 aromatic heterocycles. The van der Waals surface area contributed by atoms with E-state index in [4.69, 9.17) is 11.6 Å². The van der Waals surface area contributed by atoms with E-state index in [0.29, 0.717) is 22.8 Å². The van der Waals surface area contributed by atoms with E-state index in [-0.39, 0.29) is 28.9 Å². The summed E-state index contributed by atoms with van der Waals surface area (Å²) in [6, 6.07) is 9.30. The summed E-state index contributed by atoms with van der Waals surface area (Å²) >= 11 is 6.30. The average Bonchev–Trinajstić information content (AvgIpc) is 3.47. The van der Waals surface area contributed by atoms with Crippen LogP contribution in [-0.4, -0.2) is 35.2 Å². The smallest absolute Gasteiger partial charge is 0.291 e. The number of halogens is 1. The Morgan fingerprint density at radius 3 is 2.76 bits per heavy atom. The van der Waals surface area contributed by atoms with Gasteiger partial charge in [0, 0.05) is 29.5 Å². The normalized spacial score (nSPS) is 31.7. The number of hydrogen-bond acceptors (Lipinski definition) is 5. The van der Waals surface area contributed by atoms with E-state index in [0.717, 1.165) is 22.6 Å². The molecule has 10 heteroatoms. The monoisotopic (exact) mass is 467 g/mol. The van der Waals surface area contributed by atoms with Crippen molar-refractivity contribution in [2.24, 2.45) is 11.8 Å². The highest BCUT2D eigenvalue weighted by molar-refractivity contribution is 6.31. The van der Waals surface area contributed by atoms with Gasteiger partial charge in [-0.3, -0.25) is 24.5 Å². The van der Waals surface area contributed by atoms with E-state index in [9.17, 15) is 24.5 Å². The molecule has 1 unspecified atom stereocenters. The van der Waals surface area contributed by atoms with E-state index in [1.54, 1.807) is 24.3 Å². The summed E-state index contributed by atoms with van der Waals surface area (Å²) in [5.74, 6) is -2.75. The first kappa shape index (κ1) is 20.3. The topological polar surface area (TPSA) is 114 Å². The van der Waals surface area contributed by atoms with Crippen molar-refractivity contribution in [3.05, 3.63) is 62.7 Å². The quantitative estimate of drug-likeness (QED) is 0.395. The number of anilines is 2. The molecule has 0 radical (unpaired) electrons. The summed E-state index contributed by atoms with van der Waals surface area (Å²) in [7, 11) is 0. The molecule has 3 amide bonds. The van der Waals surface area contributed by atoms with Gasteiger partial charge in [-0.25, -0.2) is 4.90 Å². The lowest BCUT2D eigenvalue weighted by Gasteiger charge is -2.33. The maximum absolute atomic E-state index is 14.0. The van der Waals surface area contributed by atoms with Gasteiger partial charge in [0.15, 0.2) is 0 Å². The number of nitro groups is 1. The van der Waals surface area contributed by atoms with Gasteiger partial charge in [0.2, 0.25) is 17.4 Å². The molecule has 3 saturated heterocycles. The molecule has 3 fully saturated rings. The highest BCUT2D eigenvalue weighted by Gasteiger charge is 2.78. The molecule has 2 N–H and O–H groups in total.